The monoisotopic (exact) mass is 331 g/mol. The van der Waals surface area contributed by atoms with Crippen LogP contribution in [0, 0.1) is 0 Å². The lowest BCUT2D eigenvalue weighted by molar-refractivity contribution is 0.290. The summed E-state index contributed by atoms with van der Waals surface area (Å²) < 4.78 is 3.28. The minimum absolute atomic E-state index is 0.146. The van der Waals surface area contributed by atoms with Gasteiger partial charge in [0.05, 0.1) is 5.69 Å². The van der Waals surface area contributed by atoms with Gasteiger partial charge in [0.25, 0.3) is 0 Å². The molecule has 0 amide bonds. The van der Waals surface area contributed by atoms with Crippen molar-refractivity contribution in [2.24, 2.45) is 0 Å². The molecule has 1 N–H and O–H groups in total. The standard InChI is InChI=1S/C16H18BrN3/c17-13-5-3-12(4-6-13)16(7-1-8-16)14-11-15-18-9-2-10-20(15)19-14/h3-6,11,18H,1-2,7-10H2. The van der Waals surface area contributed by atoms with Crippen LogP contribution in [0.15, 0.2) is 34.8 Å². The molecule has 1 saturated carbocycles. The van der Waals surface area contributed by atoms with Gasteiger partial charge in [-0.2, -0.15) is 5.10 Å². The SMILES string of the molecule is Brc1ccc(C2(c3cc4n(n3)CCCN4)CCC2)cc1. The van der Waals surface area contributed by atoms with Gasteiger partial charge < -0.3 is 5.32 Å². The van der Waals surface area contributed by atoms with Crippen LogP contribution in [0.2, 0.25) is 0 Å². The lowest BCUT2D eigenvalue weighted by Gasteiger charge is -2.41. The van der Waals surface area contributed by atoms with E-state index < -0.39 is 0 Å². The Balaban J connectivity index is 1.77. The molecule has 4 rings (SSSR count). The minimum Gasteiger partial charge on any atom is -0.370 e. The predicted molar refractivity (Wildman–Crippen MR) is 84.1 cm³/mol. The molecule has 3 nitrogen and oxygen atoms in total. The number of halogens is 1. The highest BCUT2D eigenvalue weighted by atomic mass is 79.9. The number of anilines is 1. The molecule has 0 bridgehead atoms. The number of hydrogen-bond donors (Lipinski definition) is 1. The maximum absolute atomic E-state index is 4.89. The molecule has 1 aromatic carbocycles. The van der Waals surface area contributed by atoms with Crippen LogP contribution in [-0.4, -0.2) is 16.3 Å². The fraction of sp³-hybridized carbons (Fsp3) is 0.438. The number of aromatic nitrogens is 2. The first-order valence-corrected chi connectivity index (χ1v) is 8.15. The zero-order valence-corrected chi connectivity index (χ0v) is 13.0. The summed E-state index contributed by atoms with van der Waals surface area (Å²) in [5.41, 5.74) is 2.80. The van der Waals surface area contributed by atoms with Crippen molar-refractivity contribution >= 4 is 21.7 Å². The van der Waals surface area contributed by atoms with E-state index in [-0.39, 0.29) is 5.41 Å². The van der Waals surface area contributed by atoms with Crippen molar-refractivity contribution in [2.75, 3.05) is 11.9 Å². The number of nitrogens with zero attached hydrogens (tertiary/aromatic N) is 2. The Morgan fingerprint density at radius 1 is 1.15 bits per heavy atom. The zero-order valence-electron chi connectivity index (χ0n) is 11.4. The van der Waals surface area contributed by atoms with Crippen molar-refractivity contribution < 1.29 is 0 Å². The number of aryl methyl sites for hydroxylation is 1. The third kappa shape index (κ3) is 1.81. The smallest absolute Gasteiger partial charge is 0.124 e. The van der Waals surface area contributed by atoms with Crippen molar-refractivity contribution in [3.63, 3.8) is 0 Å². The second-order valence-corrected chi connectivity index (χ2v) is 6.78. The van der Waals surface area contributed by atoms with Gasteiger partial charge in [0.1, 0.15) is 5.82 Å². The van der Waals surface area contributed by atoms with Gasteiger partial charge in [0, 0.05) is 29.0 Å². The summed E-state index contributed by atoms with van der Waals surface area (Å²) in [6.45, 7) is 2.11. The highest BCUT2D eigenvalue weighted by Gasteiger charge is 2.42. The Kier molecular flexibility index (Phi) is 2.88. The van der Waals surface area contributed by atoms with Crippen LogP contribution in [0.5, 0.6) is 0 Å². The van der Waals surface area contributed by atoms with E-state index in [0.717, 1.165) is 17.6 Å². The highest BCUT2D eigenvalue weighted by Crippen LogP contribution is 2.49. The first kappa shape index (κ1) is 12.5. The Morgan fingerprint density at radius 2 is 1.95 bits per heavy atom. The van der Waals surface area contributed by atoms with Crippen LogP contribution in [0.25, 0.3) is 0 Å². The quantitative estimate of drug-likeness (QED) is 0.903. The summed E-state index contributed by atoms with van der Waals surface area (Å²) in [4.78, 5) is 0. The molecular weight excluding hydrogens is 314 g/mol. The van der Waals surface area contributed by atoms with Crippen LogP contribution in [0.1, 0.15) is 36.9 Å². The molecule has 0 spiro atoms. The van der Waals surface area contributed by atoms with Gasteiger partial charge in [0.15, 0.2) is 0 Å². The van der Waals surface area contributed by atoms with Gasteiger partial charge in [-0.3, -0.25) is 0 Å². The number of rotatable bonds is 2. The van der Waals surface area contributed by atoms with Crippen LogP contribution in [-0.2, 0) is 12.0 Å². The van der Waals surface area contributed by atoms with Gasteiger partial charge >= 0.3 is 0 Å². The van der Waals surface area contributed by atoms with Crippen LogP contribution >= 0.6 is 15.9 Å². The molecule has 2 heterocycles. The largest absolute Gasteiger partial charge is 0.370 e. The molecule has 4 heteroatoms. The van der Waals surface area contributed by atoms with Gasteiger partial charge in [-0.05, 0) is 37.0 Å². The van der Waals surface area contributed by atoms with Crippen molar-refractivity contribution in [1.29, 1.82) is 0 Å². The topological polar surface area (TPSA) is 29.9 Å². The predicted octanol–water partition coefficient (Wildman–Crippen LogP) is 3.93. The van der Waals surface area contributed by atoms with Gasteiger partial charge in [-0.1, -0.05) is 34.5 Å². The average Bonchev–Trinajstić information content (AvgIpc) is 2.83. The van der Waals surface area contributed by atoms with Crippen LogP contribution in [0.3, 0.4) is 0 Å². The average molecular weight is 332 g/mol. The molecule has 0 radical (unpaired) electrons. The summed E-state index contributed by atoms with van der Waals surface area (Å²) in [5.74, 6) is 1.19. The molecule has 1 aliphatic carbocycles. The Bertz CT molecular complexity index is 602. The molecule has 0 saturated heterocycles. The minimum atomic E-state index is 0.146. The molecule has 104 valence electrons. The lowest BCUT2D eigenvalue weighted by Crippen LogP contribution is -2.36. The second-order valence-electron chi connectivity index (χ2n) is 5.86. The lowest BCUT2D eigenvalue weighted by atomic mass is 9.62. The normalized spacial score (nSPS) is 19.9. The third-order valence-electron chi connectivity index (χ3n) is 4.73. The molecule has 20 heavy (non-hydrogen) atoms. The van der Waals surface area contributed by atoms with E-state index >= 15 is 0 Å². The van der Waals surface area contributed by atoms with E-state index in [1.54, 1.807) is 0 Å². The van der Waals surface area contributed by atoms with E-state index in [2.05, 4.69) is 56.3 Å². The fourth-order valence-corrected chi connectivity index (χ4v) is 3.66. The van der Waals surface area contributed by atoms with Crippen molar-refractivity contribution in [3.05, 3.63) is 46.1 Å². The molecule has 0 atom stereocenters. The summed E-state index contributed by atoms with van der Waals surface area (Å²) in [6.07, 6.45) is 4.89. The fourth-order valence-electron chi connectivity index (χ4n) is 3.40. The molecule has 1 fully saturated rings. The third-order valence-corrected chi connectivity index (χ3v) is 5.26. The number of benzene rings is 1. The molecule has 0 unspecified atom stereocenters. The first-order valence-electron chi connectivity index (χ1n) is 7.36. The van der Waals surface area contributed by atoms with Crippen molar-refractivity contribution in [2.45, 2.75) is 37.6 Å². The Morgan fingerprint density at radius 3 is 2.60 bits per heavy atom. The summed E-state index contributed by atoms with van der Waals surface area (Å²) >= 11 is 3.53. The van der Waals surface area contributed by atoms with E-state index in [0.29, 0.717) is 0 Å². The van der Waals surface area contributed by atoms with Crippen molar-refractivity contribution in [3.8, 4) is 0 Å². The first-order chi connectivity index (χ1) is 9.78. The highest BCUT2D eigenvalue weighted by molar-refractivity contribution is 9.10. The zero-order chi connectivity index (χ0) is 13.6. The van der Waals surface area contributed by atoms with Gasteiger partial charge in [0.2, 0.25) is 0 Å². The van der Waals surface area contributed by atoms with Crippen LogP contribution in [0.4, 0.5) is 5.82 Å². The summed E-state index contributed by atoms with van der Waals surface area (Å²) in [7, 11) is 0. The number of nitrogens with one attached hydrogen (secondary N) is 1. The van der Waals surface area contributed by atoms with E-state index in [1.165, 1.54) is 42.8 Å². The molecule has 1 aromatic heterocycles. The van der Waals surface area contributed by atoms with E-state index in [1.807, 2.05) is 0 Å². The second kappa shape index (κ2) is 4.62. The van der Waals surface area contributed by atoms with E-state index in [9.17, 15) is 0 Å². The van der Waals surface area contributed by atoms with E-state index in [4.69, 9.17) is 5.10 Å². The Hall–Kier alpha value is -1.29. The summed E-state index contributed by atoms with van der Waals surface area (Å²) in [6, 6.07) is 11.0. The molecule has 1 aliphatic heterocycles. The maximum atomic E-state index is 4.89. The molecular formula is C16H18BrN3. The maximum Gasteiger partial charge on any atom is 0.124 e. The Labute approximate surface area is 127 Å². The number of fused-ring (bicyclic) bond motifs is 1. The number of hydrogen-bond acceptors (Lipinski definition) is 2. The van der Waals surface area contributed by atoms with Gasteiger partial charge in [-0.15, -0.1) is 0 Å². The van der Waals surface area contributed by atoms with Crippen molar-refractivity contribution in [1.82, 2.24) is 9.78 Å². The molecule has 2 aromatic rings. The van der Waals surface area contributed by atoms with Gasteiger partial charge in [-0.25, -0.2) is 4.68 Å². The van der Waals surface area contributed by atoms with Crippen LogP contribution < -0.4 is 5.32 Å². The summed E-state index contributed by atoms with van der Waals surface area (Å²) in [5, 5.41) is 8.34. The molecule has 2 aliphatic rings.